The van der Waals surface area contributed by atoms with Gasteiger partial charge in [-0.2, -0.15) is 13.2 Å². The summed E-state index contributed by atoms with van der Waals surface area (Å²) in [6, 6.07) is 5.80. The van der Waals surface area contributed by atoms with Crippen molar-refractivity contribution in [1.82, 2.24) is 10.2 Å². The summed E-state index contributed by atoms with van der Waals surface area (Å²) >= 11 is 0. The van der Waals surface area contributed by atoms with E-state index in [4.69, 9.17) is 4.74 Å². The molecule has 10 heteroatoms. The number of methoxy groups -OCH3 is 1. The van der Waals surface area contributed by atoms with Crippen molar-refractivity contribution in [3.8, 4) is 17.4 Å². The molecule has 0 atom stereocenters. The van der Waals surface area contributed by atoms with E-state index in [-0.39, 0.29) is 5.69 Å². The third-order valence-corrected chi connectivity index (χ3v) is 3.82. The average Bonchev–Trinajstić information content (AvgIpc) is 3.35. The van der Waals surface area contributed by atoms with Crippen LogP contribution in [0.15, 0.2) is 28.8 Å². The van der Waals surface area contributed by atoms with Crippen molar-refractivity contribution in [1.29, 1.82) is 0 Å². The topological polar surface area (TPSA) is 82.5 Å². The summed E-state index contributed by atoms with van der Waals surface area (Å²) in [7, 11) is 1.48. The van der Waals surface area contributed by atoms with Gasteiger partial charge in [0.15, 0.2) is 5.95 Å². The first-order valence-electron chi connectivity index (χ1n) is 7.41. The van der Waals surface area contributed by atoms with Gasteiger partial charge in [0.1, 0.15) is 12.3 Å². The van der Waals surface area contributed by atoms with Crippen LogP contribution in [0.1, 0.15) is 18.5 Å². The lowest BCUT2D eigenvalue weighted by molar-refractivity contribution is -0.678. The van der Waals surface area contributed by atoms with Gasteiger partial charge >= 0.3 is 12.1 Å². The monoisotopic (exact) mass is 357 g/mol. The fourth-order valence-electron chi connectivity index (χ4n) is 2.40. The molecule has 0 spiro atoms. The summed E-state index contributed by atoms with van der Waals surface area (Å²) in [5, 5.41) is 15.5. The van der Waals surface area contributed by atoms with E-state index in [9.17, 15) is 23.1 Å². The Balaban J connectivity index is 1.91. The number of carbonyl (C=O) groups is 1. The zero-order chi connectivity index (χ0) is 18.2. The lowest BCUT2D eigenvalue weighted by Gasteiger charge is -2.21. The van der Waals surface area contributed by atoms with Gasteiger partial charge in [-0.1, -0.05) is 0 Å². The largest absolute Gasteiger partial charge is 0.539 e. The quantitative estimate of drug-likeness (QED) is 0.748. The first kappa shape index (κ1) is 17.1. The number of alkyl halides is 3. The molecule has 0 bridgehead atoms. The molecule has 1 aromatic heterocycles. The number of hydrogen-bond acceptors (Lipinski definition) is 5. The van der Waals surface area contributed by atoms with E-state index < -0.39 is 30.6 Å². The zero-order valence-corrected chi connectivity index (χ0v) is 13.1. The number of nitrogens with zero attached hydrogens (tertiary/aromatic N) is 3. The van der Waals surface area contributed by atoms with Crippen LogP contribution in [0.25, 0.3) is 5.69 Å². The van der Waals surface area contributed by atoms with Crippen molar-refractivity contribution in [3.63, 3.8) is 0 Å². The predicted octanol–water partition coefficient (Wildman–Crippen LogP) is 1.09. The Hall–Kier alpha value is -2.78. The molecule has 25 heavy (non-hydrogen) atoms. The van der Waals surface area contributed by atoms with Crippen molar-refractivity contribution in [3.05, 3.63) is 30.0 Å². The number of carbonyl (C=O) groups excluding carboxylic acids is 1. The molecule has 134 valence electrons. The van der Waals surface area contributed by atoms with Crippen LogP contribution in [0.3, 0.4) is 0 Å². The highest BCUT2D eigenvalue weighted by atomic mass is 19.4. The van der Waals surface area contributed by atoms with Crippen LogP contribution < -0.4 is 14.5 Å². The SMILES string of the molecule is COc1ccc(-[n+]2noc([O-])c2CN(C(=O)C(F)(F)F)C2CC2)cc1. The average molecular weight is 357 g/mol. The van der Waals surface area contributed by atoms with Crippen molar-refractivity contribution >= 4 is 5.91 Å². The highest BCUT2D eigenvalue weighted by Gasteiger charge is 2.48. The van der Waals surface area contributed by atoms with E-state index in [1.54, 1.807) is 24.3 Å². The fourth-order valence-corrected chi connectivity index (χ4v) is 2.40. The molecule has 1 amide bonds. The molecular formula is C15H14F3N3O4. The zero-order valence-electron chi connectivity index (χ0n) is 13.1. The molecule has 1 aliphatic rings. The molecule has 1 aliphatic carbocycles. The van der Waals surface area contributed by atoms with Crippen LogP contribution in [0.5, 0.6) is 11.7 Å². The van der Waals surface area contributed by atoms with E-state index in [0.717, 1.165) is 4.68 Å². The first-order chi connectivity index (χ1) is 11.8. The summed E-state index contributed by atoms with van der Waals surface area (Å²) < 4.78 is 49.1. The van der Waals surface area contributed by atoms with Gasteiger partial charge in [0.25, 0.3) is 5.69 Å². The number of rotatable bonds is 5. The summed E-state index contributed by atoms with van der Waals surface area (Å²) in [5.41, 5.74) is 0.242. The number of benzene rings is 1. The Morgan fingerprint density at radius 2 is 2.04 bits per heavy atom. The number of amides is 1. The highest BCUT2D eigenvalue weighted by molar-refractivity contribution is 5.82. The van der Waals surface area contributed by atoms with Gasteiger partial charge in [0.05, 0.1) is 12.4 Å². The molecule has 0 aliphatic heterocycles. The summed E-state index contributed by atoms with van der Waals surface area (Å²) in [6.45, 7) is -0.530. The minimum Gasteiger partial charge on any atom is -0.539 e. The maximum Gasteiger partial charge on any atom is 0.471 e. The van der Waals surface area contributed by atoms with Crippen molar-refractivity contribution in [2.24, 2.45) is 0 Å². The number of aromatic nitrogens is 2. The summed E-state index contributed by atoms with van der Waals surface area (Å²) in [6.07, 6.45) is -4.08. The van der Waals surface area contributed by atoms with Gasteiger partial charge < -0.3 is 19.3 Å². The molecule has 3 rings (SSSR count). The van der Waals surface area contributed by atoms with Crippen LogP contribution in [-0.4, -0.2) is 35.4 Å². The Morgan fingerprint density at radius 1 is 1.40 bits per heavy atom. The van der Waals surface area contributed by atoms with E-state index in [1.807, 2.05) is 0 Å². The maximum absolute atomic E-state index is 12.8. The van der Waals surface area contributed by atoms with Gasteiger partial charge in [-0.05, 0) is 29.7 Å². The molecule has 0 unspecified atom stereocenters. The smallest absolute Gasteiger partial charge is 0.471 e. The normalized spacial score (nSPS) is 14.4. The second-order valence-corrected chi connectivity index (χ2v) is 5.58. The molecule has 7 nitrogen and oxygen atoms in total. The lowest BCUT2D eigenvalue weighted by atomic mass is 10.3. The lowest BCUT2D eigenvalue weighted by Crippen LogP contribution is -2.46. The molecule has 0 radical (unpaired) electrons. The van der Waals surface area contributed by atoms with Crippen molar-refractivity contribution in [2.75, 3.05) is 7.11 Å². The molecule has 0 saturated heterocycles. The number of halogens is 3. The minimum atomic E-state index is -5.01. The Labute approximate surface area is 140 Å². The van der Waals surface area contributed by atoms with Gasteiger partial charge in [-0.3, -0.25) is 4.79 Å². The maximum atomic E-state index is 12.8. The molecule has 1 fully saturated rings. The predicted molar refractivity (Wildman–Crippen MR) is 73.7 cm³/mol. The number of hydrogen-bond donors (Lipinski definition) is 0. The molecule has 1 aromatic carbocycles. The van der Waals surface area contributed by atoms with Gasteiger partial charge in [0.2, 0.25) is 5.69 Å². The van der Waals surface area contributed by atoms with Crippen LogP contribution in [0.4, 0.5) is 13.2 Å². The molecule has 1 saturated carbocycles. The van der Waals surface area contributed by atoms with Crippen LogP contribution in [0.2, 0.25) is 0 Å². The Kier molecular flexibility index (Phi) is 4.27. The van der Waals surface area contributed by atoms with Crippen LogP contribution in [-0.2, 0) is 11.3 Å². The van der Waals surface area contributed by atoms with Crippen LogP contribution in [0, 0.1) is 0 Å². The minimum absolute atomic E-state index is 0.158. The van der Waals surface area contributed by atoms with Crippen LogP contribution >= 0.6 is 0 Å². The van der Waals surface area contributed by atoms with E-state index in [0.29, 0.717) is 29.2 Å². The third-order valence-electron chi connectivity index (χ3n) is 3.82. The molecular weight excluding hydrogens is 343 g/mol. The number of ether oxygens (including phenoxy) is 1. The van der Waals surface area contributed by atoms with Gasteiger partial charge in [0, 0.05) is 18.2 Å². The van der Waals surface area contributed by atoms with Crippen molar-refractivity contribution in [2.45, 2.75) is 31.6 Å². The second-order valence-electron chi connectivity index (χ2n) is 5.58. The molecule has 0 N–H and O–H groups in total. The summed E-state index contributed by atoms with van der Waals surface area (Å²) in [5.74, 6) is -2.31. The summed E-state index contributed by atoms with van der Waals surface area (Å²) in [4.78, 5) is 12.3. The van der Waals surface area contributed by atoms with E-state index in [1.165, 1.54) is 7.11 Å². The fraction of sp³-hybridized carbons (Fsp3) is 0.400. The molecule has 2 aromatic rings. The van der Waals surface area contributed by atoms with E-state index >= 15 is 0 Å². The molecule has 1 heterocycles. The third kappa shape index (κ3) is 3.52. The standard InChI is InChI=1S/C15H14F3N3O4/c1-24-11-6-4-10(5-7-11)21-12(13(22)25-19-21)8-20(9-2-3-9)14(23)15(16,17)18/h4-7,9H,2-3,8H2,1H3. The Morgan fingerprint density at radius 3 is 2.56 bits per heavy atom. The Bertz CT molecular complexity index is 769. The van der Waals surface area contributed by atoms with Crippen molar-refractivity contribution < 1.29 is 37.0 Å². The second kappa shape index (κ2) is 6.26. The highest BCUT2D eigenvalue weighted by Crippen LogP contribution is 2.32. The first-order valence-corrected chi connectivity index (χ1v) is 7.41. The van der Waals surface area contributed by atoms with Gasteiger partial charge in [-0.25, -0.2) is 0 Å². The van der Waals surface area contributed by atoms with E-state index in [2.05, 4.69) is 9.79 Å². The van der Waals surface area contributed by atoms with Gasteiger partial charge in [-0.15, -0.1) is 0 Å².